The van der Waals surface area contributed by atoms with Crippen LogP contribution in [0.25, 0.3) is 0 Å². The maximum atomic E-state index is 13.1. The molecule has 33 heavy (non-hydrogen) atoms. The largest absolute Gasteiger partial charge is 0.493 e. The molecule has 0 radical (unpaired) electrons. The third kappa shape index (κ3) is 5.92. The molecule has 0 unspecified atom stereocenters. The zero-order valence-electron chi connectivity index (χ0n) is 19.5. The minimum Gasteiger partial charge on any atom is -0.493 e. The molecule has 0 aliphatic carbocycles. The average Bonchev–Trinajstić information content (AvgIpc) is 2.82. The van der Waals surface area contributed by atoms with Gasteiger partial charge in [-0.1, -0.05) is 49.4 Å². The fourth-order valence-electron chi connectivity index (χ4n) is 3.47. The van der Waals surface area contributed by atoms with E-state index in [1.54, 1.807) is 37.4 Å². The molecule has 0 atom stereocenters. The molecule has 0 spiro atoms. The predicted octanol–water partition coefficient (Wildman–Crippen LogP) is 4.96. The Kier molecular flexibility index (Phi) is 8.08. The Morgan fingerprint density at radius 3 is 1.85 bits per heavy atom. The fourth-order valence-corrected chi connectivity index (χ4v) is 3.47. The van der Waals surface area contributed by atoms with Gasteiger partial charge in [-0.15, -0.1) is 0 Å². The first-order valence-corrected chi connectivity index (χ1v) is 11.0. The molecule has 0 aromatic heterocycles. The summed E-state index contributed by atoms with van der Waals surface area (Å²) in [6, 6.07) is 20.0. The van der Waals surface area contributed by atoms with E-state index in [-0.39, 0.29) is 11.8 Å². The number of benzene rings is 3. The van der Waals surface area contributed by atoms with E-state index in [0.717, 1.165) is 17.5 Å². The van der Waals surface area contributed by atoms with Gasteiger partial charge in [-0.25, -0.2) is 0 Å². The number of methoxy groups -OCH3 is 1. The fraction of sp³-hybridized carbons (Fsp3) is 0.259. The molecule has 3 rings (SSSR count). The first-order chi connectivity index (χ1) is 15.9. The molecule has 6 heteroatoms. The van der Waals surface area contributed by atoms with E-state index in [1.165, 1.54) is 0 Å². The Hall–Kier alpha value is -3.80. The minimum atomic E-state index is -0.779. The lowest BCUT2D eigenvalue weighted by Gasteiger charge is -2.23. The van der Waals surface area contributed by atoms with Gasteiger partial charge in [0.25, 0.3) is 11.8 Å². The van der Waals surface area contributed by atoms with Gasteiger partial charge in [-0.3, -0.25) is 9.59 Å². The third-order valence-electron chi connectivity index (χ3n) is 5.31. The molecular formula is C27H30N2O4. The second-order valence-corrected chi connectivity index (χ2v) is 7.77. The van der Waals surface area contributed by atoms with Crippen LogP contribution >= 0.6 is 0 Å². The maximum Gasteiger partial charge on any atom is 0.253 e. The number of rotatable bonds is 9. The third-order valence-corrected chi connectivity index (χ3v) is 5.31. The van der Waals surface area contributed by atoms with Gasteiger partial charge >= 0.3 is 0 Å². The monoisotopic (exact) mass is 446 g/mol. The van der Waals surface area contributed by atoms with Crippen molar-refractivity contribution < 1.29 is 19.1 Å². The number of hydrogen-bond acceptors (Lipinski definition) is 4. The Bertz CT molecular complexity index is 1070. The SMILES string of the molecule is CCCOc1cc(C(NC(=O)c2ccccc2C)NC(=O)c2ccccc2C)ccc1OC. The first-order valence-electron chi connectivity index (χ1n) is 11.0. The molecule has 0 fully saturated rings. The maximum absolute atomic E-state index is 13.1. The van der Waals surface area contributed by atoms with Crippen LogP contribution < -0.4 is 20.1 Å². The zero-order chi connectivity index (χ0) is 23.8. The Morgan fingerprint density at radius 1 is 0.818 bits per heavy atom. The normalized spacial score (nSPS) is 10.6. The number of ether oxygens (including phenoxy) is 2. The molecule has 0 aliphatic heterocycles. The summed E-state index contributed by atoms with van der Waals surface area (Å²) in [6.45, 7) is 6.29. The Balaban J connectivity index is 1.96. The standard InChI is InChI=1S/C27H30N2O4/c1-5-16-33-24-17-20(14-15-23(24)32-4)25(28-26(30)21-12-8-6-10-18(21)2)29-27(31)22-13-9-7-11-19(22)3/h6-15,17,25H,5,16H2,1-4H3,(H,28,30)(H,29,31). The zero-order valence-corrected chi connectivity index (χ0v) is 19.5. The molecule has 3 aromatic rings. The molecule has 6 nitrogen and oxygen atoms in total. The van der Waals surface area contributed by atoms with Crippen molar-refractivity contribution >= 4 is 11.8 Å². The van der Waals surface area contributed by atoms with Crippen LogP contribution in [-0.2, 0) is 0 Å². The molecule has 2 N–H and O–H groups in total. The summed E-state index contributed by atoms with van der Waals surface area (Å²) >= 11 is 0. The smallest absolute Gasteiger partial charge is 0.253 e. The van der Waals surface area contributed by atoms with Gasteiger partial charge in [-0.2, -0.15) is 0 Å². The highest BCUT2D eigenvalue weighted by molar-refractivity contribution is 5.98. The van der Waals surface area contributed by atoms with Crippen LogP contribution in [0.5, 0.6) is 11.5 Å². The summed E-state index contributed by atoms with van der Waals surface area (Å²) in [7, 11) is 1.57. The highest BCUT2D eigenvalue weighted by Crippen LogP contribution is 2.30. The summed E-state index contributed by atoms with van der Waals surface area (Å²) in [5, 5.41) is 5.93. The number of carbonyl (C=O) groups is 2. The van der Waals surface area contributed by atoms with Crippen molar-refractivity contribution in [1.29, 1.82) is 0 Å². The molecule has 0 saturated carbocycles. The van der Waals surface area contributed by atoms with Crippen LogP contribution in [0.3, 0.4) is 0 Å². The molecule has 0 aliphatic rings. The van der Waals surface area contributed by atoms with E-state index < -0.39 is 6.17 Å². The highest BCUT2D eigenvalue weighted by Gasteiger charge is 2.22. The van der Waals surface area contributed by atoms with E-state index >= 15 is 0 Å². The summed E-state index contributed by atoms with van der Waals surface area (Å²) in [5.74, 6) is 0.573. The van der Waals surface area contributed by atoms with E-state index in [4.69, 9.17) is 9.47 Å². The van der Waals surface area contributed by atoms with E-state index in [1.807, 2.05) is 57.2 Å². The van der Waals surface area contributed by atoms with Crippen molar-refractivity contribution in [3.8, 4) is 11.5 Å². The van der Waals surface area contributed by atoms with Crippen molar-refractivity contribution in [2.45, 2.75) is 33.4 Å². The first kappa shape index (κ1) is 23.9. The highest BCUT2D eigenvalue weighted by atomic mass is 16.5. The van der Waals surface area contributed by atoms with Gasteiger partial charge in [0.2, 0.25) is 0 Å². The van der Waals surface area contributed by atoms with Crippen LogP contribution in [0.2, 0.25) is 0 Å². The van der Waals surface area contributed by atoms with Gasteiger partial charge in [0, 0.05) is 11.1 Å². The van der Waals surface area contributed by atoms with Crippen LogP contribution in [0.15, 0.2) is 66.7 Å². The van der Waals surface area contributed by atoms with E-state index in [2.05, 4.69) is 10.6 Å². The number of amides is 2. The molecular weight excluding hydrogens is 416 g/mol. The molecule has 3 aromatic carbocycles. The van der Waals surface area contributed by atoms with Gasteiger partial charge in [0.05, 0.1) is 13.7 Å². The Morgan fingerprint density at radius 2 is 1.36 bits per heavy atom. The second kappa shape index (κ2) is 11.2. The number of hydrogen-bond donors (Lipinski definition) is 2. The van der Waals surface area contributed by atoms with Crippen molar-refractivity contribution in [3.05, 3.63) is 94.5 Å². The molecule has 0 saturated heterocycles. The lowest BCUT2D eigenvalue weighted by Crippen LogP contribution is -2.41. The molecule has 0 bridgehead atoms. The van der Waals surface area contributed by atoms with Crippen molar-refractivity contribution in [2.24, 2.45) is 0 Å². The van der Waals surface area contributed by atoms with Gasteiger partial charge in [-0.05, 0) is 61.2 Å². The van der Waals surface area contributed by atoms with E-state index in [9.17, 15) is 9.59 Å². The summed E-state index contributed by atoms with van der Waals surface area (Å²) < 4.78 is 11.2. The van der Waals surface area contributed by atoms with Crippen molar-refractivity contribution in [1.82, 2.24) is 10.6 Å². The van der Waals surface area contributed by atoms with Crippen molar-refractivity contribution in [2.75, 3.05) is 13.7 Å². The summed E-state index contributed by atoms with van der Waals surface area (Å²) in [5.41, 5.74) is 3.46. The number of carbonyl (C=O) groups excluding carboxylic acids is 2. The van der Waals surface area contributed by atoms with Crippen molar-refractivity contribution in [3.63, 3.8) is 0 Å². The van der Waals surface area contributed by atoms with Crippen LogP contribution in [0.1, 0.15) is 56.9 Å². The van der Waals surface area contributed by atoms with E-state index in [0.29, 0.717) is 34.8 Å². The van der Waals surface area contributed by atoms with Gasteiger partial charge < -0.3 is 20.1 Å². The average molecular weight is 447 g/mol. The molecule has 172 valence electrons. The lowest BCUT2D eigenvalue weighted by atomic mass is 10.1. The van der Waals surface area contributed by atoms with Crippen LogP contribution in [0.4, 0.5) is 0 Å². The number of nitrogens with one attached hydrogen (secondary N) is 2. The van der Waals surface area contributed by atoms with Gasteiger partial charge in [0.1, 0.15) is 6.17 Å². The van der Waals surface area contributed by atoms with Crippen LogP contribution in [-0.4, -0.2) is 25.5 Å². The lowest BCUT2D eigenvalue weighted by molar-refractivity contribution is 0.0882. The summed E-state index contributed by atoms with van der Waals surface area (Å²) in [4.78, 5) is 26.2. The van der Waals surface area contributed by atoms with Crippen LogP contribution in [0, 0.1) is 13.8 Å². The van der Waals surface area contributed by atoms with Gasteiger partial charge in [0.15, 0.2) is 11.5 Å². The minimum absolute atomic E-state index is 0.282. The number of aryl methyl sites for hydroxylation is 2. The predicted molar refractivity (Wildman–Crippen MR) is 129 cm³/mol. The Labute approximate surface area is 194 Å². The second-order valence-electron chi connectivity index (χ2n) is 7.77. The topological polar surface area (TPSA) is 76.7 Å². The quantitative estimate of drug-likeness (QED) is 0.456. The molecule has 0 heterocycles. The summed E-state index contributed by atoms with van der Waals surface area (Å²) in [6.07, 6.45) is 0.0595. The molecule has 2 amide bonds.